The fourth-order valence-electron chi connectivity index (χ4n) is 1.68. The highest BCUT2D eigenvalue weighted by Gasteiger charge is 2.16. The van der Waals surface area contributed by atoms with Crippen LogP contribution in [0.4, 0.5) is 5.69 Å². The average Bonchev–Trinajstić information content (AvgIpc) is 2.88. The molecule has 1 aromatic heterocycles. The van der Waals surface area contributed by atoms with Gasteiger partial charge in [0.25, 0.3) is 5.69 Å². The maximum atomic E-state index is 11.0. The van der Waals surface area contributed by atoms with E-state index in [1.54, 1.807) is 12.1 Å². The van der Waals surface area contributed by atoms with Crippen molar-refractivity contribution in [2.45, 2.75) is 19.8 Å². The second-order valence-corrected chi connectivity index (χ2v) is 4.32. The molecule has 0 amide bonds. The summed E-state index contributed by atoms with van der Waals surface area (Å²) in [5.74, 6) is 0.101. The number of nitro benzene ring substituents is 1. The predicted octanol–water partition coefficient (Wildman–Crippen LogP) is 2.19. The highest BCUT2D eigenvalue weighted by atomic mass is 16.6. The summed E-state index contributed by atoms with van der Waals surface area (Å²) < 4.78 is 1.42. The first-order chi connectivity index (χ1) is 9.08. The first-order valence-corrected chi connectivity index (χ1v) is 5.75. The number of rotatable bonds is 4. The Labute approximate surface area is 109 Å². The monoisotopic (exact) mass is 259 g/mol. The van der Waals surface area contributed by atoms with Crippen LogP contribution in [0.25, 0.3) is 0 Å². The Morgan fingerprint density at radius 2 is 2.05 bits per heavy atom. The summed E-state index contributed by atoms with van der Waals surface area (Å²) in [5.41, 5.74) is 1.49. The average molecular weight is 259 g/mol. The number of nitro groups is 1. The molecule has 0 N–H and O–H groups in total. The zero-order valence-corrected chi connectivity index (χ0v) is 10.6. The number of benzene rings is 1. The van der Waals surface area contributed by atoms with Crippen molar-refractivity contribution in [1.29, 1.82) is 0 Å². The van der Waals surface area contributed by atoms with E-state index in [-0.39, 0.29) is 16.5 Å². The third kappa shape index (κ3) is 3.01. The van der Waals surface area contributed by atoms with Gasteiger partial charge in [0.1, 0.15) is 12.7 Å². The molecule has 0 fully saturated rings. The van der Waals surface area contributed by atoms with E-state index in [1.807, 2.05) is 13.8 Å². The van der Waals surface area contributed by atoms with Crippen LogP contribution in [0.5, 0.6) is 0 Å². The van der Waals surface area contributed by atoms with Gasteiger partial charge in [-0.3, -0.25) is 10.1 Å². The molecule has 0 atom stereocenters. The van der Waals surface area contributed by atoms with Gasteiger partial charge in [0.05, 0.1) is 11.1 Å². The van der Waals surface area contributed by atoms with Gasteiger partial charge < -0.3 is 0 Å². The van der Waals surface area contributed by atoms with E-state index in [9.17, 15) is 10.1 Å². The van der Waals surface area contributed by atoms with Crippen molar-refractivity contribution >= 4 is 11.9 Å². The first kappa shape index (κ1) is 12.9. The smallest absolute Gasteiger partial charge is 0.258 e. The van der Waals surface area contributed by atoms with Gasteiger partial charge >= 0.3 is 0 Å². The molecule has 0 saturated carbocycles. The van der Waals surface area contributed by atoms with Crippen molar-refractivity contribution in [3.63, 3.8) is 0 Å². The molecule has 2 aromatic rings. The molecule has 0 saturated heterocycles. The lowest BCUT2D eigenvalue weighted by molar-refractivity contribution is -0.385. The fourth-order valence-corrected chi connectivity index (χ4v) is 1.68. The normalized spacial score (nSPS) is 11.3. The standard InChI is InChI=1S/C12H13N5O2/c1-9(2)11-4-3-10(5-12(11)17(18)19)6-15-16-7-13-14-8-16/h3-9H,1-2H3/b15-6-. The van der Waals surface area contributed by atoms with Gasteiger partial charge in [0.15, 0.2) is 0 Å². The Balaban J connectivity index is 2.33. The van der Waals surface area contributed by atoms with E-state index >= 15 is 0 Å². The lowest BCUT2D eigenvalue weighted by Crippen LogP contribution is -1.99. The summed E-state index contributed by atoms with van der Waals surface area (Å²) in [4.78, 5) is 10.7. The van der Waals surface area contributed by atoms with E-state index in [4.69, 9.17) is 0 Å². The quantitative estimate of drug-likeness (QED) is 0.478. The zero-order valence-electron chi connectivity index (χ0n) is 10.6. The van der Waals surface area contributed by atoms with Gasteiger partial charge in [0.2, 0.25) is 0 Å². The van der Waals surface area contributed by atoms with E-state index in [0.717, 1.165) is 0 Å². The topological polar surface area (TPSA) is 86.2 Å². The van der Waals surface area contributed by atoms with Gasteiger partial charge in [-0.1, -0.05) is 26.0 Å². The highest BCUT2D eigenvalue weighted by molar-refractivity contribution is 5.81. The summed E-state index contributed by atoms with van der Waals surface area (Å²) >= 11 is 0. The van der Waals surface area contributed by atoms with Gasteiger partial charge in [-0.2, -0.15) is 5.10 Å². The summed E-state index contributed by atoms with van der Waals surface area (Å²) in [6.45, 7) is 3.85. The third-order valence-corrected chi connectivity index (χ3v) is 2.62. The molecule has 0 radical (unpaired) electrons. The lowest BCUT2D eigenvalue weighted by Gasteiger charge is -2.06. The molecule has 1 heterocycles. The number of hydrogen-bond donors (Lipinski definition) is 0. The van der Waals surface area contributed by atoms with Crippen LogP contribution in [-0.4, -0.2) is 26.0 Å². The van der Waals surface area contributed by atoms with Crippen molar-refractivity contribution in [3.05, 3.63) is 52.1 Å². The molecular weight excluding hydrogens is 246 g/mol. The molecule has 0 aliphatic carbocycles. The van der Waals surface area contributed by atoms with Crippen molar-refractivity contribution in [2.24, 2.45) is 5.10 Å². The summed E-state index contributed by atoms with van der Waals surface area (Å²) in [7, 11) is 0. The van der Waals surface area contributed by atoms with Crippen LogP contribution in [0.1, 0.15) is 30.9 Å². The SMILES string of the molecule is CC(C)c1ccc(/C=N\n2cnnc2)cc1[N+](=O)[O-]. The molecule has 19 heavy (non-hydrogen) atoms. The Morgan fingerprint density at radius 1 is 1.37 bits per heavy atom. The van der Waals surface area contributed by atoms with E-state index < -0.39 is 0 Å². The molecule has 0 spiro atoms. The van der Waals surface area contributed by atoms with Crippen LogP contribution in [0.15, 0.2) is 36.0 Å². The van der Waals surface area contributed by atoms with Crippen molar-refractivity contribution in [2.75, 3.05) is 0 Å². The van der Waals surface area contributed by atoms with Crippen molar-refractivity contribution in [3.8, 4) is 0 Å². The van der Waals surface area contributed by atoms with E-state index in [2.05, 4.69) is 15.3 Å². The molecule has 0 aliphatic rings. The molecule has 0 aliphatic heterocycles. The van der Waals surface area contributed by atoms with E-state index in [0.29, 0.717) is 11.1 Å². The van der Waals surface area contributed by atoms with Crippen LogP contribution in [0.3, 0.4) is 0 Å². The largest absolute Gasteiger partial charge is 0.273 e. The van der Waals surface area contributed by atoms with Gasteiger partial charge in [0, 0.05) is 17.2 Å². The Hall–Kier alpha value is -2.57. The Morgan fingerprint density at radius 3 is 2.63 bits per heavy atom. The van der Waals surface area contributed by atoms with Crippen LogP contribution >= 0.6 is 0 Å². The summed E-state index contributed by atoms with van der Waals surface area (Å²) in [6, 6.07) is 5.08. The minimum atomic E-state index is -0.370. The summed E-state index contributed by atoms with van der Waals surface area (Å²) in [6.07, 6.45) is 4.40. The van der Waals surface area contributed by atoms with Gasteiger partial charge in [-0.15, -0.1) is 10.2 Å². The Kier molecular flexibility index (Phi) is 3.65. The zero-order chi connectivity index (χ0) is 13.8. The number of nitrogens with zero attached hydrogens (tertiary/aromatic N) is 5. The van der Waals surface area contributed by atoms with E-state index in [1.165, 1.54) is 29.6 Å². The van der Waals surface area contributed by atoms with Gasteiger partial charge in [-0.25, -0.2) is 4.68 Å². The molecule has 0 unspecified atom stereocenters. The second-order valence-electron chi connectivity index (χ2n) is 4.32. The van der Waals surface area contributed by atoms with Crippen LogP contribution in [0.2, 0.25) is 0 Å². The minimum absolute atomic E-state index is 0.101. The molecule has 2 rings (SSSR count). The van der Waals surface area contributed by atoms with Crippen molar-refractivity contribution in [1.82, 2.24) is 14.9 Å². The van der Waals surface area contributed by atoms with Crippen LogP contribution in [-0.2, 0) is 0 Å². The molecule has 0 bridgehead atoms. The highest BCUT2D eigenvalue weighted by Crippen LogP contribution is 2.26. The van der Waals surface area contributed by atoms with Crippen LogP contribution in [0, 0.1) is 10.1 Å². The number of hydrogen-bond acceptors (Lipinski definition) is 5. The van der Waals surface area contributed by atoms with Crippen molar-refractivity contribution < 1.29 is 4.92 Å². The maximum absolute atomic E-state index is 11.0. The minimum Gasteiger partial charge on any atom is -0.258 e. The predicted molar refractivity (Wildman–Crippen MR) is 70.2 cm³/mol. The lowest BCUT2D eigenvalue weighted by atomic mass is 9.99. The second kappa shape index (κ2) is 5.38. The third-order valence-electron chi connectivity index (χ3n) is 2.62. The summed E-state index contributed by atoms with van der Waals surface area (Å²) in [5, 5.41) is 22.3. The molecule has 98 valence electrons. The fraction of sp³-hybridized carbons (Fsp3) is 0.250. The van der Waals surface area contributed by atoms with Gasteiger partial charge in [-0.05, 0) is 5.92 Å². The maximum Gasteiger partial charge on any atom is 0.273 e. The molecule has 7 nitrogen and oxygen atoms in total. The van der Waals surface area contributed by atoms with Crippen LogP contribution < -0.4 is 0 Å². The molecule has 7 heteroatoms. The number of aromatic nitrogens is 3. The molecular formula is C12H13N5O2. The molecule has 1 aromatic carbocycles. The first-order valence-electron chi connectivity index (χ1n) is 5.75. The Bertz CT molecular complexity index is 605.